The van der Waals surface area contributed by atoms with Crippen LogP contribution >= 0.6 is 0 Å². The van der Waals surface area contributed by atoms with Crippen molar-refractivity contribution in [1.82, 2.24) is 15.0 Å². The van der Waals surface area contributed by atoms with Crippen LogP contribution < -0.4 is 0 Å². The second-order valence-corrected chi connectivity index (χ2v) is 6.50. The van der Waals surface area contributed by atoms with Gasteiger partial charge < -0.3 is 0 Å². The predicted molar refractivity (Wildman–Crippen MR) is 97.4 cm³/mol. The number of benzene rings is 3. The summed E-state index contributed by atoms with van der Waals surface area (Å²) in [6, 6.07) is 27.1. The summed E-state index contributed by atoms with van der Waals surface area (Å²) in [6.07, 6.45) is 0. The molecule has 3 aromatic carbocycles. The Kier molecular flexibility index (Phi) is 3.42. The van der Waals surface area contributed by atoms with E-state index in [0.29, 0.717) is 0 Å². The van der Waals surface area contributed by atoms with Crippen LogP contribution in [0.5, 0.6) is 0 Å². The molecule has 1 heterocycles. The fraction of sp³-hybridized carbons (Fsp3) is 0.143. The quantitative estimate of drug-likeness (QED) is 0.546. The van der Waals surface area contributed by atoms with Crippen LogP contribution in [0.15, 0.2) is 78.9 Å². The highest BCUT2D eigenvalue weighted by Gasteiger charge is 2.26. The maximum Gasteiger partial charge on any atom is 0.113 e. The van der Waals surface area contributed by atoms with E-state index in [1.54, 1.807) is 0 Å². The summed E-state index contributed by atoms with van der Waals surface area (Å²) in [4.78, 5) is 0. The first kappa shape index (κ1) is 14.6. The molecule has 24 heavy (non-hydrogen) atoms. The lowest BCUT2D eigenvalue weighted by Crippen LogP contribution is -2.21. The molecule has 0 N–H and O–H groups in total. The molecule has 0 aliphatic carbocycles. The van der Waals surface area contributed by atoms with Crippen molar-refractivity contribution in [1.29, 1.82) is 0 Å². The van der Waals surface area contributed by atoms with Gasteiger partial charge >= 0.3 is 0 Å². The molecule has 1 aromatic heterocycles. The lowest BCUT2D eigenvalue weighted by molar-refractivity contribution is 0.630. The Balaban J connectivity index is 1.93. The van der Waals surface area contributed by atoms with E-state index in [4.69, 9.17) is 0 Å². The van der Waals surface area contributed by atoms with Crippen LogP contribution in [0.1, 0.15) is 25.0 Å². The van der Waals surface area contributed by atoms with Gasteiger partial charge in [0.2, 0.25) is 0 Å². The van der Waals surface area contributed by atoms with Crippen molar-refractivity contribution in [2.75, 3.05) is 0 Å². The highest BCUT2D eigenvalue weighted by molar-refractivity contribution is 5.76. The van der Waals surface area contributed by atoms with Gasteiger partial charge in [-0.2, -0.15) is 0 Å². The van der Waals surface area contributed by atoms with Gasteiger partial charge in [0.1, 0.15) is 5.52 Å². The average Bonchev–Trinajstić information content (AvgIpc) is 3.06. The first-order valence-corrected chi connectivity index (χ1v) is 8.14. The molecule has 3 nitrogen and oxygen atoms in total. The van der Waals surface area contributed by atoms with E-state index < -0.39 is 0 Å². The molecule has 0 saturated carbocycles. The summed E-state index contributed by atoms with van der Waals surface area (Å²) < 4.78 is 1.94. The van der Waals surface area contributed by atoms with Crippen LogP contribution in [0.3, 0.4) is 0 Å². The van der Waals surface area contributed by atoms with Crippen LogP contribution in [0, 0.1) is 0 Å². The minimum absolute atomic E-state index is 0.134. The Morgan fingerprint density at radius 3 is 2.25 bits per heavy atom. The second kappa shape index (κ2) is 5.60. The molecule has 0 saturated heterocycles. The first-order chi connectivity index (χ1) is 11.7. The molecular formula is C21H19N3. The highest BCUT2D eigenvalue weighted by Crippen LogP contribution is 2.35. The SMILES string of the molecule is CC(C)(c1ccccc1)c1ccccc1-n1nnc2ccccc21. The van der Waals surface area contributed by atoms with Gasteiger partial charge in [-0.3, -0.25) is 0 Å². The third-order valence-corrected chi connectivity index (χ3v) is 4.65. The van der Waals surface area contributed by atoms with Crippen LogP contribution in [-0.2, 0) is 5.41 Å². The number of fused-ring (bicyclic) bond motifs is 1. The van der Waals surface area contributed by atoms with Crippen LogP contribution in [0.2, 0.25) is 0 Å². The number of para-hydroxylation sites is 2. The summed E-state index contributed by atoms with van der Waals surface area (Å²) in [5.41, 5.74) is 5.37. The van der Waals surface area contributed by atoms with Crippen LogP contribution in [0.4, 0.5) is 0 Å². The molecule has 0 aliphatic heterocycles. The van der Waals surface area contributed by atoms with Crippen molar-refractivity contribution < 1.29 is 0 Å². The minimum atomic E-state index is -0.134. The zero-order valence-corrected chi connectivity index (χ0v) is 13.8. The second-order valence-electron chi connectivity index (χ2n) is 6.50. The molecule has 0 spiro atoms. The molecule has 4 rings (SSSR count). The largest absolute Gasteiger partial charge is 0.213 e. The molecular weight excluding hydrogens is 294 g/mol. The minimum Gasteiger partial charge on any atom is -0.213 e. The van der Waals surface area contributed by atoms with E-state index in [1.165, 1.54) is 11.1 Å². The lowest BCUT2D eigenvalue weighted by Gasteiger charge is -2.28. The summed E-state index contributed by atoms with van der Waals surface area (Å²) in [5.74, 6) is 0. The van der Waals surface area contributed by atoms with E-state index >= 15 is 0 Å². The molecule has 0 aliphatic rings. The number of nitrogens with zero attached hydrogens (tertiary/aromatic N) is 3. The fourth-order valence-corrected chi connectivity index (χ4v) is 3.24. The topological polar surface area (TPSA) is 30.7 Å². The number of hydrogen-bond donors (Lipinski definition) is 0. The average molecular weight is 313 g/mol. The van der Waals surface area contributed by atoms with Crippen LogP contribution in [-0.4, -0.2) is 15.0 Å². The molecule has 0 atom stereocenters. The third-order valence-electron chi connectivity index (χ3n) is 4.65. The van der Waals surface area contributed by atoms with Crippen molar-refractivity contribution in [2.45, 2.75) is 19.3 Å². The summed E-state index contributed by atoms with van der Waals surface area (Å²) in [6.45, 7) is 4.50. The molecule has 0 unspecified atom stereocenters. The Morgan fingerprint density at radius 1 is 0.750 bits per heavy atom. The van der Waals surface area contributed by atoms with E-state index in [9.17, 15) is 0 Å². The first-order valence-electron chi connectivity index (χ1n) is 8.14. The smallest absolute Gasteiger partial charge is 0.113 e. The molecule has 4 aromatic rings. The van der Waals surface area contributed by atoms with Crippen molar-refractivity contribution in [3.8, 4) is 5.69 Å². The van der Waals surface area contributed by atoms with Crippen LogP contribution in [0.25, 0.3) is 16.7 Å². The Bertz CT molecular complexity index is 984. The van der Waals surface area contributed by atoms with Gasteiger partial charge in [0.05, 0.1) is 11.2 Å². The summed E-state index contributed by atoms with van der Waals surface area (Å²) in [7, 11) is 0. The molecule has 0 radical (unpaired) electrons. The van der Waals surface area contributed by atoms with E-state index in [-0.39, 0.29) is 5.41 Å². The monoisotopic (exact) mass is 313 g/mol. The van der Waals surface area contributed by atoms with Gasteiger partial charge in [-0.25, -0.2) is 4.68 Å². The van der Waals surface area contributed by atoms with Crippen molar-refractivity contribution in [2.24, 2.45) is 0 Å². The summed E-state index contributed by atoms with van der Waals surface area (Å²) >= 11 is 0. The van der Waals surface area contributed by atoms with Gasteiger partial charge in [-0.05, 0) is 29.3 Å². The fourth-order valence-electron chi connectivity index (χ4n) is 3.24. The Hall–Kier alpha value is -2.94. The molecule has 118 valence electrons. The number of rotatable bonds is 3. The Morgan fingerprint density at radius 2 is 1.42 bits per heavy atom. The molecule has 0 bridgehead atoms. The number of hydrogen-bond acceptors (Lipinski definition) is 2. The zero-order chi connectivity index (χ0) is 16.6. The predicted octanol–water partition coefficient (Wildman–Crippen LogP) is 4.75. The lowest BCUT2D eigenvalue weighted by atomic mass is 9.77. The third kappa shape index (κ3) is 2.29. The highest BCUT2D eigenvalue weighted by atomic mass is 15.4. The van der Waals surface area contributed by atoms with Crippen molar-refractivity contribution >= 4 is 11.0 Å². The maximum atomic E-state index is 4.40. The van der Waals surface area contributed by atoms with Gasteiger partial charge in [0, 0.05) is 5.41 Å². The molecule has 0 amide bonds. The molecule has 0 fully saturated rings. The van der Waals surface area contributed by atoms with Gasteiger partial charge in [0.25, 0.3) is 0 Å². The van der Waals surface area contributed by atoms with Gasteiger partial charge in [-0.1, -0.05) is 79.7 Å². The van der Waals surface area contributed by atoms with E-state index in [2.05, 4.69) is 84.8 Å². The summed E-state index contributed by atoms with van der Waals surface area (Å²) in [5, 5.41) is 8.70. The Labute approximate surface area is 141 Å². The standard InChI is InChI=1S/C21H19N3/c1-21(2,16-10-4-3-5-11-16)17-12-6-8-14-19(17)24-20-15-9-7-13-18(20)22-23-24/h3-15H,1-2H3. The van der Waals surface area contributed by atoms with E-state index in [0.717, 1.165) is 16.7 Å². The van der Waals surface area contributed by atoms with E-state index in [1.807, 2.05) is 22.9 Å². The number of aromatic nitrogens is 3. The maximum absolute atomic E-state index is 4.40. The normalized spacial score (nSPS) is 11.8. The van der Waals surface area contributed by atoms with Crippen molar-refractivity contribution in [3.05, 3.63) is 90.0 Å². The molecule has 3 heteroatoms. The van der Waals surface area contributed by atoms with Gasteiger partial charge in [0.15, 0.2) is 0 Å². The van der Waals surface area contributed by atoms with Gasteiger partial charge in [-0.15, -0.1) is 5.10 Å². The van der Waals surface area contributed by atoms with Crippen molar-refractivity contribution in [3.63, 3.8) is 0 Å². The zero-order valence-electron chi connectivity index (χ0n) is 13.8.